The fourth-order valence-electron chi connectivity index (χ4n) is 2.39. The lowest BCUT2D eigenvalue weighted by Gasteiger charge is -2.14. The number of aliphatic carboxylic acids is 1. The van der Waals surface area contributed by atoms with Gasteiger partial charge in [-0.3, -0.25) is 4.79 Å². The van der Waals surface area contributed by atoms with E-state index in [1.54, 1.807) is 43.3 Å². The normalized spacial score (nSPS) is 10.5. The van der Waals surface area contributed by atoms with E-state index in [1.165, 1.54) is 7.11 Å². The molecule has 2 aromatic carbocycles. The molecule has 0 saturated heterocycles. The molecule has 28 heavy (non-hydrogen) atoms. The second-order valence-corrected chi connectivity index (χ2v) is 6.68. The summed E-state index contributed by atoms with van der Waals surface area (Å²) in [5.74, 6) is 0.524. The Balaban J connectivity index is 2.10. The van der Waals surface area contributed by atoms with Gasteiger partial charge in [-0.05, 0) is 54.8 Å². The zero-order chi connectivity index (χ0) is 20.7. The number of hydrogen-bond acceptors (Lipinski definition) is 5. The van der Waals surface area contributed by atoms with Crippen LogP contribution in [-0.2, 0) is 4.79 Å². The van der Waals surface area contributed by atoms with Gasteiger partial charge in [0, 0.05) is 11.3 Å². The third-order valence-electron chi connectivity index (χ3n) is 3.81. The first-order valence-electron chi connectivity index (χ1n) is 8.87. The Morgan fingerprint density at radius 3 is 2.43 bits per heavy atom. The molecule has 7 heteroatoms. The molecule has 0 unspecified atom stereocenters. The number of benzene rings is 2. The first kappa shape index (κ1) is 21.1. The van der Waals surface area contributed by atoms with E-state index in [-0.39, 0.29) is 5.91 Å². The first-order chi connectivity index (χ1) is 13.3. The van der Waals surface area contributed by atoms with E-state index >= 15 is 0 Å². The summed E-state index contributed by atoms with van der Waals surface area (Å²) in [4.78, 5) is 23.2. The maximum Gasteiger partial charge on any atom is 0.341 e. The van der Waals surface area contributed by atoms with Crippen LogP contribution >= 0.6 is 0 Å². The first-order valence-corrected chi connectivity index (χ1v) is 8.87. The number of carbonyl (C=O) groups is 2. The van der Waals surface area contributed by atoms with Gasteiger partial charge in [0.1, 0.15) is 5.75 Å². The van der Waals surface area contributed by atoms with E-state index in [0.29, 0.717) is 41.0 Å². The monoisotopic (exact) mass is 387 g/mol. The minimum Gasteiger partial charge on any atom is -0.493 e. The van der Waals surface area contributed by atoms with Crippen molar-refractivity contribution in [1.29, 1.82) is 0 Å². The highest BCUT2D eigenvalue weighted by molar-refractivity contribution is 6.05. The molecule has 2 aromatic rings. The number of methoxy groups -OCH3 is 1. The van der Waals surface area contributed by atoms with Crippen molar-refractivity contribution in [3.63, 3.8) is 0 Å². The smallest absolute Gasteiger partial charge is 0.341 e. The minimum atomic E-state index is -1.05. The van der Waals surface area contributed by atoms with Gasteiger partial charge in [0.2, 0.25) is 0 Å². The second kappa shape index (κ2) is 9.64. The summed E-state index contributed by atoms with van der Waals surface area (Å²) in [5, 5.41) is 11.5. The fourth-order valence-corrected chi connectivity index (χ4v) is 2.39. The highest BCUT2D eigenvalue weighted by atomic mass is 16.5. The van der Waals surface area contributed by atoms with Crippen LogP contribution in [0.4, 0.5) is 5.69 Å². The Bertz CT molecular complexity index is 847. The summed E-state index contributed by atoms with van der Waals surface area (Å²) in [5.41, 5.74) is 1.78. The number of carbonyl (C=O) groups excluding carboxylic acids is 1. The third-order valence-corrected chi connectivity index (χ3v) is 3.81. The van der Waals surface area contributed by atoms with E-state index < -0.39 is 12.6 Å². The van der Waals surface area contributed by atoms with Gasteiger partial charge >= 0.3 is 5.97 Å². The van der Waals surface area contributed by atoms with Crippen LogP contribution in [0.25, 0.3) is 0 Å². The van der Waals surface area contributed by atoms with Crippen molar-refractivity contribution in [3.8, 4) is 17.2 Å². The molecule has 150 valence electrons. The van der Waals surface area contributed by atoms with Crippen LogP contribution in [0.15, 0.2) is 36.4 Å². The predicted molar refractivity (Wildman–Crippen MR) is 106 cm³/mol. The van der Waals surface area contributed by atoms with E-state index in [0.717, 1.165) is 5.56 Å². The molecule has 0 aliphatic carbocycles. The summed E-state index contributed by atoms with van der Waals surface area (Å²) in [6.45, 7) is 6.03. The molecule has 0 heterocycles. The Morgan fingerprint density at radius 1 is 1.07 bits per heavy atom. The van der Waals surface area contributed by atoms with E-state index in [2.05, 4.69) is 19.2 Å². The van der Waals surface area contributed by atoms with E-state index in [1.807, 2.05) is 0 Å². The van der Waals surface area contributed by atoms with Crippen LogP contribution in [0.1, 0.15) is 29.8 Å². The van der Waals surface area contributed by atoms with Crippen LogP contribution in [0, 0.1) is 12.8 Å². The topological polar surface area (TPSA) is 94.1 Å². The molecule has 2 N–H and O–H groups in total. The predicted octanol–water partition coefficient (Wildman–Crippen LogP) is 3.75. The largest absolute Gasteiger partial charge is 0.493 e. The number of anilines is 1. The summed E-state index contributed by atoms with van der Waals surface area (Å²) >= 11 is 0. The number of rotatable bonds is 9. The van der Waals surface area contributed by atoms with Crippen molar-refractivity contribution < 1.29 is 28.9 Å². The lowest BCUT2D eigenvalue weighted by atomic mass is 10.1. The lowest BCUT2D eigenvalue weighted by molar-refractivity contribution is -0.139. The summed E-state index contributed by atoms with van der Waals surface area (Å²) in [7, 11) is 1.53. The molecule has 0 saturated carbocycles. The van der Waals surface area contributed by atoms with Crippen molar-refractivity contribution in [1.82, 2.24) is 0 Å². The number of carboxylic acids is 1. The molecule has 0 fully saturated rings. The molecule has 1 amide bonds. The van der Waals surface area contributed by atoms with Gasteiger partial charge < -0.3 is 24.6 Å². The molecule has 0 radical (unpaired) electrons. The van der Waals surface area contributed by atoms with Crippen LogP contribution < -0.4 is 19.5 Å². The van der Waals surface area contributed by atoms with Crippen molar-refractivity contribution in [3.05, 3.63) is 47.5 Å². The Kier molecular flexibility index (Phi) is 7.26. The van der Waals surface area contributed by atoms with Gasteiger partial charge in [-0.2, -0.15) is 0 Å². The molecular formula is C21H25NO6. The average molecular weight is 387 g/mol. The molecule has 0 bridgehead atoms. The van der Waals surface area contributed by atoms with Crippen molar-refractivity contribution >= 4 is 17.6 Å². The minimum absolute atomic E-state index is 0.295. The van der Waals surface area contributed by atoms with Gasteiger partial charge in [-0.15, -0.1) is 0 Å². The number of nitrogens with one attached hydrogen (secondary N) is 1. The Labute approximate surface area is 164 Å². The quantitative estimate of drug-likeness (QED) is 0.680. The number of ether oxygens (including phenoxy) is 3. The van der Waals surface area contributed by atoms with Crippen LogP contribution in [0.3, 0.4) is 0 Å². The average Bonchev–Trinajstić information content (AvgIpc) is 2.66. The summed E-state index contributed by atoms with van der Waals surface area (Å²) < 4.78 is 16.2. The molecule has 0 spiro atoms. The summed E-state index contributed by atoms with van der Waals surface area (Å²) in [6, 6.07) is 9.96. The summed E-state index contributed by atoms with van der Waals surface area (Å²) in [6.07, 6.45) is 0. The van der Waals surface area contributed by atoms with Crippen LogP contribution in [0.5, 0.6) is 17.2 Å². The molecule has 2 rings (SSSR count). The second-order valence-electron chi connectivity index (χ2n) is 6.68. The molecule has 0 aliphatic rings. The number of hydrogen-bond donors (Lipinski definition) is 2. The van der Waals surface area contributed by atoms with Crippen molar-refractivity contribution in [2.24, 2.45) is 5.92 Å². The Morgan fingerprint density at radius 2 is 1.82 bits per heavy atom. The number of aryl methyl sites for hydroxylation is 1. The fraction of sp³-hybridized carbons (Fsp3) is 0.333. The van der Waals surface area contributed by atoms with Gasteiger partial charge in [-0.25, -0.2) is 4.79 Å². The molecule has 0 aliphatic heterocycles. The lowest BCUT2D eigenvalue weighted by Crippen LogP contribution is -2.14. The maximum atomic E-state index is 12.6. The van der Waals surface area contributed by atoms with Gasteiger partial charge in [0.25, 0.3) is 5.91 Å². The highest BCUT2D eigenvalue weighted by Crippen LogP contribution is 2.29. The standard InChI is InChI=1S/C21H25NO6/c1-13(2)11-28-18-8-5-15(10-19(18)26-4)21(25)22-17-7-6-16(9-14(17)3)27-12-20(23)24/h5-10,13H,11-12H2,1-4H3,(H,22,25)(H,23,24). The molecule has 7 nitrogen and oxygen atoms in total. The molecular weight excluding hydrogens is 362 g/mol. The molecule has 0 aromatic heterocycles. The zero-order valence-corrected chi connectivity index (χ0v) is 16.4. The van der Waals surface area contributed by atoms with Crippen molar-refractivity contribution in [2.45, 2.75) is 20.8 Å². The maximum absolute atomic E-state index is 12.6. The van der Waals surface area contributed by atoms with E-state index in [9.17, 15) is 9.59 Å². The van der Waals surface area contributed by atoms with Crippen LogP contribution in [-0.4, -0.2) is 37.3 Å². The van der Waals surface area contributed by atoms with Crippen molar-refractivity contribution in [2.75, 3.05) is 25.6 Å². The number of amides is 1. The highest BCUT2D eigenvalue weighted by Gasteiger charge is 2.13. The Hall–Kier alpha value is -3.22. The van der Waals surface area contributed by atoms with Gasteiger partial charge in [0.15, 0.2) is 18.1 Å². The number of carboxylic acid groups (broad SMARTS) is 1. The van der Waals surface area contributed by atoms with E-state index in [4.69, 9.17) is 19.3 Å². The van der Waals surface area contributed by atoms with Crippen LogP contribution in [0.2, 0.25) is 0 Å². The zero-order valence-electron chi connectivity index (χ0n) is 16.4. The van der Waals surface area contributed by atoms with Gasteiger partial charge in [-0.1, -0.05) is 13.8 Å². The molecule has 0 atom stereocenters. The van der Waals surface area contributed by atoms with Gasteiger partial charge in [0.05, 0.1) is 13.7 Å². The SMILES string of the molecule is COc1cc(C(=O)Nc2ccc(OCC(=O)O)cc2C)ccc1OCC(C)C. The third kappa shape index (κ3) is 5.90.